The zero-order valence-electron chi connectivity index (χ0n) is 14.2. The van der Waals surface area contributed by atoms with Crippen LogP contribution in [0.3, 0.4) is 0 Å². The Balaban J connectivity index is 2.62. The third kappa shape index (κ3) is 2.99. The smallest absolute Gasteiger partial charge is 0.341 e. The van der Waals surface area contributed by atoms with Gasteiger partial charge in [0.25, 0.3) is 0 Å². The van der Waals surface area contributed by atoms with E-state index in [1.165, 1.54) is 28.4 Å². The Morgan fingerprint density at radius 3 is 2.29 bits per heavy atom. The van der Waals surface area contributed by atoms with Crippen LogP contribution in [-0.4, -0.2) is 46.2 Å². The predicted molar refractivity (Wildman–Crippen MR) is 86.0 cm³/mol. The molecule has 0 aromatic heterocycles. The van der Waals surface area contributed by atoms with E-state index in [1.54, 1.807) is 19.1 Å². The van der Waals surface area contributed by atoms with Crippen molar-refractivity contribution in [1.82, 2.24) is 5.32 Å². The number of urea groups is 1. The number of ether oxygens (including phenoxy) is 4. The molecule has 8 nitrogen and oxygen atoms in total. The zero-order valence-corrected chi connectivity index (χ0v) is 14.2. The average molecular weight is 336 g/mol. The summed E-state index contributed by atoms with van der Waals surface area (Å²) in [6.07, 6.45) is 0. The molecule has 8 heteroatoms. The summed E-state index contributed by atoms with van der Waals surface area (Å²) < 4.78 is 20.9. The minimum atomic E-state index is -0.764. The van der Waals surface area contributed by atoms with Crippen molar-refractivity contribution in [3.63, 3.8) is 0 Å². The number of amides is 2. The van der Waals surface area contributed by atoms with Crippen LogP contribution in [0, 0.1) is 5.92 Å². The Hall–Kier alpha value is -2.77. The van der Waals surface area contributed by atoms with Crippen LogP contribution in [0.15, 0.2) is 17.1 Å². The van der Waals surface area contributed by atoms with Crippen molar-refractivity contribution in [2.24, 2.45) is 10.9 Å². The molecule has 2 rings (SSSR count). The minimum Gasteiger partial charge on any atom is -0.493 e. The molecule has 0 spiro atoms. The largest absolute Gasteiger partial charge is 0.493 e. The van der Waals surface area contributed by atoms with Crippen LogP contribution >= 0.6 is 0 Å². The second-order valence-corrected chi connectivity index (χ2v) is 5.10. The van der Waals surface area contributed by atoms with Crippen molar-refractivity contribution in [2.45, 2.75) is 13.0 Å². The molecule has 130 valence electrons. The van der Waals surface area contributed by atoms with Gasteiger partial charge >= 0.3 is 12.0 Å². The van der Waals surface area contributed by atoms with E-state index in [4.69, 9.17) is 18.9 Å². The summed E-state index contributed by atoms with van der Waals surface area (Å²) >= 11 is 0. The van der Waals surface area contributed by atoms with Crippen LogP contribution in [0.5, 0.6) is 17.2 Å². The lowest BCUT2D eigenvalue weighted by atomic mass is 9.87. The van der Waals surface area contributed by atoms with Gasteiger partial charge in [0.15, 0.2) is 11.5 Å². The third-order valence-corrected chi connectivity index (χ3v) is 3.87. The van der Waals surface area contributed by atoms with E-state index in [0.717, 1.165) is 0 Å². The molecule has 24 heavy (non-hydrogen) atoms. The molecule has 0 aliphatic carbocycles. The summed E-state index contributed by atoms with van der Waals surface area (Å²) in [5.41, 5.74) is 0.931. The topological polar surface area (TPSA) is 95.5 Å². The van der Waals surface area contributed by atoms with E-state index in [2.05, 4.69) is 10.3 Å². The highest BCUT2D eigenvalue weighted by Crippen LogP contribution is 2.44. The second kappa shape index (κ2) is 7.20. The number of benzene rings is 1. The van der Waals surface area contributed by atoms with Crippen molar-refractivity contribution in [3.05, 3.63) is 17.7 Å². The number of methoxy groups -OCH3 is 4. The molecule has 1 N–H and O–H groups in total. The van der Waals surface area contributed by atoms with Gasteiger partial charge in [-0.05, 0) is 19.1 Å². The van der Waals surface area contributed by atoms with Gasteiger partial charge in [0.2, 0.25) is 5.75 Å². The lowest BCUT2D eigenvalue weighted by molar-refractivity contribution is -0.143. The molecule has 2 atom stereocenters. The normalized spacial score (nSPS) is 19.9. The number of esters is 1. The number of carbonyl (C=O) groups excluding carboxylic acids is 2. The number of nitrogens with zero attached hydrogens (tertiary/aromatic N) is 1. The number of hydrogen-bond acceptors (Lipinski definition) is 6. The van der Waals surface area contributed by atoms with Crippen LogP contribution in [0.4, 0.5) is 4.79 Å². The van der Waals surface area contributed by atoms with Crippen molar-refractivity contribution >= 4 is 17.7 Å². The molecular weight excluding hydrogens is 316 g/mol. The predicted octanol–water partition coefficient (Wildman–Crippen LogP) is 1.73. The van der Waals surface area contributed by atoms with Gasteiger partial charge in [0.05, 0.1) is 34.5 Å². The molecule has 0 fully saturated rings. The Kier molecular flexibility index (Phi) is 5.28. The van der Waals surface area contributed by atoms with Gasteiger partial charge in [-0.15, -0.1) is 0 Å². The third-order valence-electron chi connectivity index (χ3n) is 3.87. The molecule has 0 bridgehead atoms. The van der Waals surface area contributed by atoms with Crippen LogP contribution in [0.2, 0.25) is 0 Å². The summed E-state index contributed by atoms with van der Waals surface area (Å²) in [5.74, 6) is -0.0562. The molecule has 1 aromatic carbocycles. The maximum atomic E-state index is 12.2. The summed E-state index contributed by atoms with van der Waals surface area (Å²) in [6, 6.07) is 2.16. The number of hydrogen-bond donors (Lipinski definition) is 1. The molecule has 2 unspecified atom stereocenters. The molecule has 0 saturated carbocycles. The molecule has 1 aliphatic rings. The lowest BCUT2D eigenvalue weighted by Gasteiger charge is -2.30. The zero-order chi connectivity index (χ0) is 17.9. The second-order valence-electron chi connectivity index (χ2n) is 5.10. The van der Waals surface area contributed by atoms with E-state index < -0.39 is 24.0 Å². The van der Waals surface area contributed by atoms with Gasteiger partial charge < -0.3 is 24.3 Å². The van der Waals surface area contributed by atoms with Gasteiger partial charge in [-0.2, -0.15) is 0 Å². The summed E-state index contributed by atoms with van der Waals surface area (Å²) in [4.78, 5) is 27.8. The number of rotatable bonds is 5. The van der Waals surface area contributed by atoms with E-state index in [-0.39, 0.29) is 0 Å². The van der Waals surface area contributed by atoms with Crippen molar-refractivity contribution in [2.75, 3.05) is 28.4 Å². The number of carbonyl (C=O) groups is 2. The molecule has 1 aliphatic heterocycles. The number of nitrogens with one attached hydrogen (secondary N) is 1. The Bertz CT molecular complexity index is 685. The first-order chi connectivity index (χ1) is 11.5. The standard InChI is InChI=1S/C16H20N2O6/c1-8-11(15(19)24-5)12(18-16(20)17-8)9-6-7-10(21-2)14(23-4)13(9)22-3/h6-7,11-12H,1-5H3,(H,18,20). The quantitative estimate of drug-likeness (QED) is 0.823. The molecule has 1 heterocycles. The van der Waals surface area contributed by atoms with Gasteiger partial charge in [0, 0.05) is 11.3 Å². The van der Waals surface area contributed by atoms with Crippen LogP contribution in [-0.2, 0) is 9.53 Å². The first kappa shape index (κ1) is 17.6. The van der Waals surface area contributed by atoms with Gasteiger partial charge in [-0.1, -0.05) is 0 Å². The van der Waals surface area contributed by atoms with E-state index >= 15 is 0 Å². The highest BCUT2D eigenvalue weighted by molar-refractivity contribution is 6.08. The first-order valence-electron chi connectivity index (χ1n) is 7.20. The van der Waals surface area contributed by atoms with Gasteiger partial charge in [0.1, 0.15) is 5.92 Å². The summed E-state index contributed by atoms with van der Waals surface area (Å²) in [7, 11) is 5.75. The molecule has 1 aromatic rings. The highest BCUT2D eigenvalue weighted by Gasteiger charge is 2.39. The van der Waals surface area contributed by atoms with Crippen LogP contribution < -0.4 is 19.5 Å². The highest BCUT2D eigenvalue weighted by atomic mass is 16.5. The number of aliphatic imine (C=N–C) groups is 1. The van der Waals surface area contributed by atoms with Crippen molar-refractivity contribution < 1.29 is 28.5 Å². The summed E-state index contributed by atoms with van der Waals surface area (Å²) in [5, 5.41) is 2.69. The van der Waals surface area contributed by atoms with Gasteiger partial charge in [-0.25, -0.2) is 9.79 Å². The monoisotopic (exact) mass is 336 g/mol. The fourth-order valence-electron chi connectivity index (χ4n) is 2.78. The average Bonchev–Trinajstić information content (AvgIpc) is 2.58. The molecule has 0 radical (unpaired) electrons. The molecular formula is C16H20N2O6. The van der Waals surface area contributed by atoms with E-state index in [0.29, 0.717) is 28.5 Å². The maximum Gasteiger partial charge on any atom is 0.341 e. The van der Waals surface area contributed by atoms with Crippen molar-refractivity contribution in [3.8, 4) is 17.2 Å². The maximum absolute atomic E-state index is 12.2. The van der Waals surface area contributed by atoms with Crippen LogP contribution in [0.1, 0.15) is 18.5 Å². The Morgan fingerprint density at radius 2 is 1.75 bits per heavy atom. The lowest BCUT2D eigenvalue weighted by Crippen LogP contribution is -2.44. The Labute approximate surface area is 139 Å². The van der Waals surface area contributed by atoms with E-state index in [9.17, 15) is 9.59 Å². The molecule has 0 saturated heterocycles. The summed E-state index contributed by atoms with van der Waals surface area (Å²) in [6.45, 7) is 1.61. The fraction of sp³-hybridized carbons (Fsp3) is 0.438. The first-order valence-corrected chi connectivity index (χ1v) is 7.20. The van der Waals surface area contributed by atoms with E-state index in [1.807, 2.05) is 0 Å². The fourth-order valence-corrected chi connectivity index (χ4v) is 2.78. The minimum absolute atomic E-state index is 0.366. The van der Waals surface area contributed by atoms with Crippen molar-refractivity contribution in [1.29, 1.82) is 0 Å². The SMILES string of the molecule is COC(=O)C1C(C)=NC(=O)NC1c1ccc(OC)c(OC)c1OC. The molecule has 2 amide bonds. The van der Waals surface area contributed by atoms with Crippen LogP contribution in [0.25, 0.3) is 0 Å². The van der Waals surface area contributed by atoms with Gasteiger partial charge in [-0.3, -0.25) is 4.79 Å². The Morgan fingerprint density at radius 1 is 1.08 bits per heavy atom.